The molecule has 0 radical (unpaired) electrons. The third-order valence-electron chi connectivity index (χ3n) is 6.24. The number of benzene rings is 1. The minimum atomic E-state index is -3.50. The molecular weight excluding hydrogens is 376 g/mol. The van der Waals surface area contributed by atoms with E-state index >= 15 is 0 Å². The predicted octanol–water partition coefficient (Wildman–Crippen LogP) is 3.83. The van der Waals surface area contributed by atoms with Crippen LogP contribution in [-0.2, 0) is 10.0 Å². The van der Waals surface area contributed by atoms with E-state index in [0.717, 1.165) is 32.1 Å². The molecule has 0 bridgehead atoms. The van der Waals surface area contributed by atoms with Crippen LogP contribution in [-0.4, -0.2) is 37.8 Å². The molecule has 0 spiro atoms. The quantitative estimate of drug-likeness (QED) is 0.840. The molecule has 2 heterocycles. The van der Waals surface area contributed by atoms with Crippen LogP contribution in [0.25, 0.3) is 11.0 Å². The van der Waals surface area contributed by atoms with Gasteiger partial charge >= 0.3 is 0 Å². The van der Waals surface area contributed by atoms with E-state index in [1.165, 1.54) is 10.7 Å². The molecule has 1 aliphatic heterocycles. The monoisotopic (exact) mass is 404 g/mol. The molecule has 6 nitrogen and oxygen atoms in total. The van der Waals surface area contributed by atoms with Gasteiger partial charge in [-0.15, -0.1) is 0 Å². The molecule has 1 saturated carbocycles. The summed E-state index contributed by atoms with van der Waals surface area (Å²) in [6, 6.07) is 5.04. The maximum absolute atomic E-state index is 12.8. The molecular formula is C21H28N2O4S. The zero-order chi connectivity index (χ0) is 19.9. The second-order valence-corrected chi connectivity index (χ2v) is 10.1. The SMILES string of the molecule is Cc1c(C(=O)N[C@@H]2CCCC[C@H]2C)oc2ccc(S(=O)(=O)N3CCCC3)cc12. The smallest absolute Gasteiger partial charge is 0.287 e. The van der Waals surface area contributed by atoms with E-state index in [1.54, 1.807) is 18.2 Å². The summed E-state index contributed by atoms with van der Waals surface area (Å²) in [5.41, 5.74) is 1.23. The van der Waals surface area contributed by atoms with Crippen LogP contribution in [0.3, 0.4) is 0 Å². The molecule has 1 amide bonds. The molecule has 2 atom stereocenters. The molecule has 152 valence electrons. The van der Waals surface area contributed by atoms with Gasteiger partial charge in [0.2, 0.25) is 10.0 Å². The van der Waals surface area contributed by atoms with Crippen LogP contribution < -0.4 is 5.32 Å². The molecule has 0 unspecified atom stereocenters. The summed E-state index contributed by atoms with van der Waals surface area (Å²) in [5.74, 6) is 0.527. The highest BCUT2D eigenvalue weighted by Crippen LogP contribution is 2.30. The Bertz CT molecular complexity index is 989. The molecule has 1 aromatic heterocycles. The van der Waals surface area contributed by atoms with Gasteiger partial charge in [-0.2, -0.15) is 4.31 Å². The van der Waals surface area contributed by atoms with Gasteiger partial charge in [-0.3, -0.25) is 4.79 Å². The van der Waals surface area contributed by atoms with E-state index in [-0.39, 0.29) is 22.6 Å². The number of rotatable bonds is 4. The number of amides is 1. The predicted molar refractivity (Wildman–Crippen MR) is 108 cm³/mol. The summed E-state index contributed by atoms with van der Waals surface area (Å²) >= 11 is 0. The lowest BCUT2D eigenvalue weighted by Crippen LogP contribution is -2.41. The summed E-state index contributed by atoms with van der Waals surface area (Å²) in [5, 5.41) is 3.80. The average molecular weight is 405 g/mol. The number of fused-ring (bicyclic) bond motifs is 1. The van der Waals surface area contributed by atoms with Gasteiger partial charge in [0.1, 0.15) is 5.58 Å². The van der Waals surface area contributed by atoms with E-state index in [2.05, 4.69) is 12.2 Å². The van der Waals surface area contributed by atoms with Gasteiger partial charge in [-0.05, 0) is 56.7 Å². The summed E-state index contributed by atoms with van der Waals surface area (Å²) in [7, 11) is -3.50. The molecule has 1 saturated heterocycles. The Balaban J connectivity index is 1.62. The van der Waals surface area contributed by atoms with Crippen molar-refractivity contribution in [2.24, 2.45) is 5.92 Å². The fourth-order valence-corrected chi connectivity index (χ4v) is 5.96. The molecule has 2 aliphatic rings. The second kappa shape index (κ2) is 7.52. The lowest BCUT2D eigenvalue weighted by Gasteiger charge is -2.29. The molecule has 2 aromatic rings. The van der Waals surface area contributed by atoms with Crippen molar-refractivity contribution in [2.75, 3.05) is 13.1 Å². The number of hydrogen-bond donors (Lipinski definition) is 1. The van der Waals surface area contributed by atoms with Gasteiger partial charge in [-0.1, -0.05) is 19.8 Å². The third-order valence-corrected chi connectivity index (χ3v) is 8.14. The number of nitrogens with zero attached hydrogens (tertiary/aromatic N) is 1. The number of carbonyl (C=O) groups excluding carboxylic acids is 1. The van der Waals surface area contributed by atoms with Gasteiger partial charge < -0.3 is 9.73 Å². The summed E-state index contributed by atoms with van der Waals surface area (Å²) in [6.45, 7) is 5.12. The summed E-state index contributed by atoms with van der Waals surface area (Å²) in [6.07, 6.45) is 6.26. The Hall–Kier alpha value is -1.86. The van der Waals surface area contributed by atoms with Crippen LogP contribution >= 0.6 is 0 Å². The molecule has 7 heteroatoms. The van der Waals surface area contributed by atoms with Crippen molar-refractivity contribution in [3.8, 4) is 0 Å². The van der Waals surface area contributed by atoms with Crippen LogP contribution in [0.5, 0.6) is 0 Å². The maximum Gasteiger partial charge on any atom is 0.287 e. The molecule has 1 aromatic carbocycles. The van der Waals surface area contributed by atoms with Crippen molar-refractivity contribution in [3.05, 3.63) is 29.5 Å². The lowest BCUT2D eigenvalue weighted by molar-refractivity contribution is 0.0883. The first kappa shape index (κ1) is 19.5. The van der Waals surface area contributed by atoms with Gasteiger partial charge in [0.15, 0.2) is 5.76 Å². The standard InChI is InChI=1S/C21H28N2O4S/c1-14-7-3-4-8-18(14)22-21(24)20-15(2)17-13-16(9-10-19(17)27-20)28(25,26)23-11-5-6-12-23/h9-10,13-14,18H,3-8,11-12H2,1-2H3,(H,22,24)/t14-,18-/m1/s1. The second-order valence-electron chi connectivity index (χ2n) is 8.17. The lowest BCUT2D eigenvalue weighted by atomic mass is 9.86. The number of sulfonamides is 1. The molecule has 1 N–H and O–H groups in total. The minimum Gasteiger partial charge on any atom is -0.451 e. The van der Waals surface area contributed by atoms with Crippen molar-refractivity contribution in [2.45, 2.75) is 63.3 Å². The van der Waals surface area contributed by atoms with Crippen LogP contribution in [0.15, 0.2) is 27.5 Å². The zero-order valence-corrected chi connectivity index (χ0v) is 17.3. The largest absolute Gasteiger partial charge is 0.451 e. The van der Waals surface area contributed by atoms with Crippen LogP contribution in [0.4, 0.5) is 0 Å². The van der Waals surface area contributed by atoms with Crippen molar-refractivity contribution < 1.29 is 17.6 Å². The Labute approximate surface area is 166 Å². The highest BCUT2D eigenvalue weighted by Gasteiger charge is 2.29. The van der Waals surface area contributed by atoms with E-state index in [4.69, 9.17) is 4.42 Å². The van der Waals surface area contributed by atoms with Crippen molar-refractivity contribution >= 4 is 26.9 Å². The van der Waals surface area contributed by atoms with Crippen LogP contribution in [0, 0.1) is 12.8 Å². The Morgan fingerprint density at radius 1 is 1.14 bits per heavy atom. The number of nitrogens with one attached hydrogen (secondary N) is 1. The zero-order valence-electron chi connectivity index (χ0n) is 16.5. The highest BCUT2D eigenvalue weighted by molar-refractivity contribution is 7.89. The van der Waals surface area contributed by atoms with E-state index in [0.29, 0.717) is 35.5 Å². The first-order valence-corrected chi connectivity index (χ1v) is 11.7. The number of furan rings is 1. The fourth-order valence-electron chi connectivity index (χ4n) is 4.42. The topological polar surface area (TPSA) is 79.6 Å². The molecule has 1 aliphatic carbocycles. The van der Waals surface area contributed by atoms with Crippen LogP contribution in [0.2, 0.25) is 0 Å². The minimum absolute atomic E-state index is 0.167. The van der Waals surface area contributed by atoms with E-state index in [9.17, 15) is 13.2 Å². The molecule has 4 rings (SSSR count). The first-order chi connectivity index (χ1) is 13.4. The summed E-state index contributed by atoms with van der Waals surface area (Å²) < 4.78 is 33.0. The van der Waals surface area contributed by atoms with Gasteiger partial charge in [0.25, 0.3) is 5.91 Å². The Morgan fingerprint density at radius 2 is 1.86 bits per heavy atom. The highest BCUT2D eigenvalue weighted by atomic mass is 32.2. The van der Waals surface area contributed by atoms with Gasteiger partial charge in [0, 0.05) is 30.1 Å². The first-order valence-electron chi connectivity index (χ1n) is 10.2. The van der Waals surface area contributed by atoms with Crippen molar-refractivity contribution in [1.82, 2.24) is 9.62 Å². The third kappa shape index (κ3) is 3.46. The van der Waals surface area contributed by atoms with E-state index < -0.39 is 10.0 Å². The Kier molecular flexibility index (Phi) is 5.22. The number of hydrogen-bond acceptors (Lipinski definition) is 4. The van der Waals surface area contributed by atoms with Gasteiger partial charge in [-0.25, -0.2) is 8.42 Å². The average Bonchev–Trinajstić information content (AvgIpc) is 3.32. The fraction of sp³-hybridized carbons (Fsp3) is 0.571. The number of carbonyl (C=O) groups is 1. The van der Waals surface area contributed by atoms with Crippen molar-refractivity contribution in [3.63, 3.8) is 0 Å². The Morgan fingerprint density at radius 3 is 2.57 bits per heavy atom. The van der Waals surface area contributed by atoms with E-state index in [1.807, 2.05) is 6.92 Å². The van der Waals surface area contributed by atoms with Gasteiger partial charge in [0.05, 0.1) is 4.90 Å². The summed E-state index contributed by atoms with van der Waals surface area (Å²) in [4.78, 5) is 13.1. The molecule has 2 fully saturated rings. The maximum atomic E-state index is 12.8. The number of aryl methyl sites for hydroxylation is 1. The van der Waals surface area contributed by atoms with Crippen molar-refractivity contribution in [1.29, 1.82) is 0 Å². The van der Waals surface area contributed by atoms with Crippen LogP contribution in [0.1, 0.15) is 61.6 Å². The normalized spacial score (nSPS) is 23.9. The molecule has 28 heavy (non-hydrogen) atoms.